The number of aromatic nitrogens is 2. The molecule has 8 heteroatoms. The van der Waals surface area contributed by atoms with E-state index in [2.05, 4.69) is 20.7 Å². The zero-order chi connectivity index (χ0) is 17.2. The van der Waals surface area contributed by atoms with Crippen molar-refractivity contribution in [2.24, 2.45) is 0 Å². The van der Waals surface area contributed by atoms with Gasteiger partial charge in [-0.15, -0.1) is 0 Å². The van der Waals surface area contributed by atoms with Crippen molar-refractivity contribution < 1.29 is 22.4 Å². The molecule has 0 amide bonds. The minimum atomic E-state index is -4.67. The molecule has 0 aliphatic heterocycles. The first kappa shape index (κ1) is 16.4. The Morgan fingerprint density at radius 2 is 2.00 bits per heavy atom. The molecule has 1 radical (unpaired) electrons. The Kier molecular flexibility index (Phi) is 4.48. The second kappa shape index (κ2) is 6.56. The molecule has 0 atom stereocenters. The highest BCUT2D eigenvalue weighted by atomic mass is 32.2. The maximum Gasteiger partial charge on any atom is 0.471 e. The van der Waals surface area contributed by atoms with E-state index in [1.165, 1.54) is 11.8 Å². The van der Waals surface area contributed by atoms with Crippen molar-refractivity contribution in [3.05, 3.63) is 54.4 Å². The molecule has 0 bridgehead atoms. The molecule has 3 rings (SSSR count). The first-order valence-electron chi connectivity index (χ1n) is 6.71. The van der Waals surface area contributed by atoms with Gasteiger partial charge in [-0.3, -0.25) is 0 Å². The number of ether oxygens (including phenoxy) is 1. The SMILES string of the molecule is COc1ccccc1Sc1[c]ccc(-c2noc(C(F)(F)F)n2)c1. The van der Waals surface area contributed by atoms with Crippen LogP contribution in [-0.2, 0) is 6.18 Å². The highest BCUT2D eigenvalue weighted by Crippen LogP contribution is 2.36. The molecule has 0 N–H and O–H groups in total. The zero-order valence-electron chi connectivity index (χ0n) is 12.3. The number of hydrogen-bond acceptors (Lipinski definition) is 5. The third-order valence-corrected chi connectivity index (χ3v) is 4.00. The van der Waals surface area contributed by atoms with E-state index in [4.69, 9.17) is 4.74 Å². The lowest BCUT2D eigenvalue weighted by Gasteiger charge is -2.07. The summed E-state index contributed by atoms with van der Waals surface area (Å²) in [5.41, 5.74) is 0.408. The molecule has 0 saturated carbocycles. The first-order chi connectivity index (χ1) is 11.5. The molecule has 0 saturated heterocycles. The second-order valence-corrected chi connectivity index (χ2v) is 5.70. The molecule has 0 spiro atoms. The molecule has 0 aliphatic rings. The molecule has 0 unspecified atom stereocenters. The van der Waals surface area contributed by atoms with Crippen LogP contribution in [0.1, 0.15) is 5.89 Å². The van der Waals surface area contributed by atoms with Crippen LogP contribution in [-0.4, -0.2) is 17.3 Å². The Bertz CT molecular complexity index is 849. The third kappa shape index (κ3) is 3.53. The lowest BCUT2D eigenvalue weighted by Crippen LogP contribution is -2.04. The minimum absolute atomic E-state index is 0.127. The quantitative estimate of drug-likeness (QED) is 0.681. The van der Waals surface area contributed by atoms with E-state index in [1.807, 2.05) is 24.3 Å². The lowest BCUT2D eigenvalue weighted by atomic mass is 10.2. The fourth-order valence-electron chi connectivity index (χ4n) is 1.92. The van der Waals surface area contributed by atoms with Gasteiger partial charge in [0.15, 0.2) is 0 Å². The number of rotatable bonds is 4. The number of alkyl halides is 3. The summed E-state index contributed by atoms with van der Waals surface area (Å²) in [5.74, 6) is -0.803. The van der Waals surface area contributed by atoms with Gasteiger partial charge in [-0.05, 0) is 24.3 Å². The Balaban J connectivity index is 1.88. The Morgan fingerprint density at radius 1 is 1.21 bits per heavy atom. The molecule has 1 heterocycles. The van der Waals surface area contributed by atoms with E-state index in [0.717, 1.165) is 4.90 Å². The smallest absolute Gasteiger partial charge is 0.471 e. The van der Waals surface area contributed by atoms with Crippen LogP contribution in [0.4, 0.5) is 13.2 Å². The van der Waals surface area contributed by atoms with Gasteiger partial charge in [-0.25, -0.2) is 0 Å². The Hall–Kier alpha value is -2.48. The van der Waals surface area contributed by atoms with Crippen LogP contribution in [0.5, 0.6) is 5.75 Å². The minimum Gasteiger partial charge on any atom is -0.496 e. The van der Waals surface area contributed by atoms with Crippen LogP contribution in [0.3, 0.4) is 0 Å². The van der Waals surface area contributed by atoms with Crippen molar-refractivity contribution in [2.75, 3.05) is 7.11 Å². The average Bonchev–Trinajstić information content (AvgIpc) is 3.06. The van der Waals surface area contributed by atoms with Gasteiger partial charge in [-0.2, -0.15) is 18.2 Å². The van der Waals surface area contributed by atoms with Crippen molar-refractivity contribution in [2.45, 2.75) is 16.0 Å². The van der Waals surface area contributed by atoms with Crippen molar-refractivity contribution in [1.82, 2.24) is 10.1 Å². The van der Waals surface area contributed by atoms with E-state index in [-0.39, 0.29) is 5.82 Å². The van der Waals surface area contributed by atoms with E-state index in [9.17, 15) is 13.2 Å². The van der Waals surface area contributed by atoms with Crippen LogP contribution in [0.25, 0.3) is 11.4 Å². The van der Waals surface area contributed by atoms with Crippen LogP contribution < -0.4 is 4.74 Å². The molecule has 0 fully saturated rings. The van der Waals surface area contributed by atoms with E-state index >= 15 is 0 Å². The molecule has 123 valence electrons. The largest absolute Gasteiger partial charge is 0.496 e. The molecule has 24 heavy (non-hydrogen) atoms. The van der Waals surface area contributed by atoms with E-state index in [1.54, 1.807) is 25.3 Å². The van der Waals surface area contributed by atoms with E-state index < -0.39 is 12.1 Å². The zero-order valence-corrected chi connectivity index (χ0v) is 13.1. The summed E-state index contributed by atoms with van der Waals surface area (Å²) in [6.45, 7) is 0. The van der Waals surface area contributed by atoms with Crippen LogP contribution in [0, 0.1) is 6.07 Å². The third-order valence-electron chi connectivity index (χ3n) is 2.99. The van der Waals surface area contributed by atoms with Gasteiger partial charge in [0.05, 0.1) is 12.0 Å². The predicted octanol–water partition coefficient (Wildman–Crippen LogP) is 4.72. The Morgan fingerprint density at radius 3 is 2.71 bits per heavy atom. The Labute approximate surface area is 139 Å². The number of nitrogens with zero attached hydrogens (tertiary/aromatic N) is 2. The topological polar surface area (TPSA) is 48.2 Å². The molecule has 4 nitrogen and oxygen atoms in total. The fourth-order valence-corrected chi connectivity index (χ4v) is 2.87. The van der Waals surface area contributed by atoms with Gasteiger partial charge >= 0.3 is 12.1 Å². The number of benzene rings is 2. The van der Waals surface area contributed by atoms with Crippen molar-refractivity contribution >= 4 is 11.8 Å². The molecular formula is C16H10F3N2O2S. The average molecular weight is 351 g/mol. The van der Waals surface area contributed by atoms with Gasteiger partial charge in [0.25, 0.3) is 0 Å². The van der Waals surface area contributed by atoms with Crippen molar-refractivity contribution in [1.29, 1.82) is 0 Å². The first-order valence-corrected chi connectivity index (χ1v) is 7.53. The summed E-state index contributed by atoms with van der Waals surface area (Å²) in [5, 5.41) is 3.38. The summed E-state index contributed by atoms with van der Waals surface area (Å²) in [6, 6.07) is 15.2. The van der Waals surface area contributed by atoms with Crippen molar-refractivity contribution in [3.63, 3.8) is 0 Å². The normalized spacial score (nSPS) is 11.5. The summed E-state index contributed by atoms with van der Waals surface area (Å²) in [4.78, 5) is 4.93. The fraction of sp³-hybridized carbons (Fsp3) is 0.125. The standard InChI is InChI=1S/C16H10F3N2O2S/c1-22-12-7-2-3-8-13(12)24-11-6-4-5-10(9-11)14-20-15(23-21-14)16(17,18)19/h2-5,7-9H,1H3. The number of methoxy groups -OCH3 is 1. The van der Waals surface area contributed by atoms with Crippen LogP contribution >= 0.6 is 11.8 Å². The number of halogens is 3. The molecule has 2 aromatic carbocycles. The monoisotopic (exact) mass is 351 g/mol. The van der Waals surface area contributed by atoms with Gasteiger partial charge in [0, 0.05) is 10.5 Å². The maximum absolute atomic E-state index is 12.5. The van der Waals surface area contributed by atoms with Gasteiger partial charge in [-0.1, -0.05) is 41.2 Å². The van der Waals surface area contributed by atoms with Gasteiger partial charge < -0.3 is 9.26 Å². The summed E-state index contributed by atoms with van der Waals surface area (Å²) in [6.07, 6.45) is -4.67. The van der Waals surface area contributed by atoms with Gasteiger partial charge in [0.1, 0.15) is 5.75 Å². The highest BCUT2D eigenvalue weighted by Gasteiger charge is 2.38. The van der Waals surface area contributed by atoms with Crippen LogP contribution in [0.2, 0.25) is 0 Å². The summed E-state index contributed by atoms with van der Waals surface area (Å²) >= 11 is 1.37. The highest BCUT2D eigenvalue weighted by molar-refractivity contribution is 7.99. The molecule has 0 aliphatic carbocycles. The molecular weight excluding hydrogens is 341 g/mol. The van der Waals surface area contributed by atoms with Gasteiger partial charge in [0.2, 0.25) is 5.82 Å². The lowest BCUT2D eigenvalue weighted by molar-refractivity contribution is -0.159. The van der Waals surface area contributed by atoms with Crippen molar-refractivity contribution in [3.8, 4) is 17.1 Å². The molecule has 3 aromatic rings. The second-order valence-electron chi connectivity index (χ2n) is 4.62. The van der Waals surface area contributed by atoms with Crippen LogP contribution in [0.15, 0.2) is 56.8 Å². The molecule has 1 aromatic heterocycles. The maximum atomic E-state index is 12.5. The summed E-state index contributed by atoms with van der Waals surface area (Å²) in [7, 11) is 1.57. The number of hydrogen-bond donors (Lipinski definition) is 0. The number of para-hydroxylation sites is 1. The van der Waals surface area contributed by atoms with E-state index in [0.29, 0.717) is 16.2 Å². The predicted molar refractivity (Wildman–Crippen MR) is 80.7 cm³/mol. The summed E-state index contributed by atoms with van der Waals surface area (Å²) < 4.78 is 47.2.